The SMILES string of the molecule is C=[N+](c1cccc2[nH]c(C3CC3)nc12)[C@@H]1CCOc2ccccc21. The number of aromatic amines is 1. The zero-order chi connectivity index (χ0) is 16.1. The van der Waals surface area contributed by atoms with E-state index >= 15 is 0 Å². The first-order valence-corrected chi connectivity index (χ1v) is 8.61. The molecule has 0 spiro atoms. The largest absolute Gasteiger partial charge is 0.493 e. The second-order valence-electron chi connectivity index (χ2n) is 6.73. The fourth-order valence-electron chi connectivity index (χ4n) is 3.63. The highest BCUT2D eigenvalue weighted by Crippen LogP contribution is 2.41. The summed E-state index contributed by atoms with van der Waals surface area (Å²) in [5.74, 6) is 2.71. The van der Waals surface area contributed by atoms with Gasteiger partial charge >= 0.3 is 0 Å². The normalized spacial score (nSPS) is 19.8. The second-order valence-corrected chi connectivity index (χ2v) is 6.73. The Morgan fingerprint density at radius 3 is 2.83 bits per heavy atom. The first kappa shape index (κ1) is 13.8. The molecule has 4 heteroatoms. The van der Waals surface area contributed by atoms with E-state index in [4.69, 9.17) is 9.72 Å². The Morgan fingerprint density at radius 2 is 1.96 bits per heavy atom. The number of imidazole rings is 1. The highest BCUT2D eigenvalue weighted by Gasteiger charge is 2.33. The Hall–Kier alpha value is -2.62. The zero-order valence-corrected chi connectivity index (χ0v) is 13.5. The number of nitrogens with one attached hydrogen (secondary N) is 1. The van der Waals surface area contributed by atoms with Gasteiger partial charge in [-0.1, -0.05) is 18.2 Å². The monoisotopic (exact) mass is 318 g/mol. The Kier molecular flexibility index (Phi) is 2.98. The van der Waals surface area contributed by atoms with Gasteiger partial charge in [-0.2, -0.15) is 4.58 Å². The third-order valence-electron chi connectivity index (χ3n) is 5.09. The quantitative estimate of drug-likeness (QED) is 0.577. The van der Waals surface area contributed by atoms with E-state index in [1.165, 1.54) is 18.4 Å². The summed E-state index contributed by atoms with van der Waals surface area (Å²) in [4.78, 5) is 8.36. The molecule has 1 aliphatic heterocycles. The lowest BCUT2D eigenvalue weighted by atomic mass is 9.99. The van der Waals surface area contributed by atoms with Crippen molar-refractivity contribution in [2.75, 3.05) is 6.61 Å². The number of fused-ring (bicyclic) bond motifs is 2. The molecule has 1 aromatic heterocycles. The van der Waals surface area contributed by atoms with Gasteiger partial charge in [0.2, 0.25) is 5.69 Å². The molecule has 24 heavy (non-hydrogen) atoms. The molecular formula is C20H20N3O+. The lowest BCUT2D eigenvalue weighted by Crippen LogP contribution is -2.21. The topological polar surface area (TPSA) is 40.9 Å². The second kappa shape index (κ2) is 5.20. The molecule has 2 heterocycles. The molecule has 1 fully saturated rings. The predicted molar refractivity (Wildman–Crippen MR) is 94.4 cm³/mol. The summed E-state index contributed by atoms with van der Waals surface area (Å²) in [6, 6.07) is 14.8. The Bertz CT molecular complexity index is 939. The summed E-state index contributed by atoms with van der Waals surface area (Å²) >= 11 is 0. The molecule has 120 valence electrons. The van der Waals surface area contributed by atoms with E-state index in [-0.39, 0.29) is 6.04 Å². The predicted octanol–water partition coefficient (Wildman–Crippen LogP) is 4.31. The fourth-order valence-corrected chi connectivity index (χ4v) is 3.63. The van der Waals surface area contributed by atoms with Crippen LogP contribution in [0.25, 0.3) is 11.0 Å². The molecule has 1 atom stereocenters. The van der Waals surface area contributed by atoms with E-state index < -0.39 is 0 Å². The van der Waals surface area contributed by atoms with Crippen LogP contribution < -0.4 is 4.74 Å². The maximum absolute atomic E-state index is 5.79. The lowest BCUT2D eigenvalue weighted by molar-refractivity contribution is -0.485. The molecule has 2 aromatic carbocycles. The molecular weight excluding hydrogens is 298 g/mol. The lowest BCUT2D eigenvalue weighted by Gasteiger charge is -2.23. The van der Waals surface area contributed by atoms with Crippen LogP contribution in [0.1, 0.15) is 42.6 Å². The van der Waals surface area contributed by atoms with Crippen LogP contribution >= 0.6 is 0 Å². The number of aromatic nitrogens is 2. The molecule has 5 rings (SSSR count). The summed E-state index contributed by atoms with van der Waals surface area (Å²) in [5.41, 5.74) is 4.41. The molecule has 3 aromatic rings. The van der Waals surface area contributed by atoms with Crippen molar-refractivity contribution in [2.24, 2.45) is 0 Å². The van der Waals surface area contributed by atoms with Crippen molar-refractivity contribution in [1.82, 2.24) is 9.97 Å². The smallest absolute Gasteiger partial charge is 0.233 e. The Morgan fingerprint density at radius 1 is 1.08 bits per heavy atom. The molecule has 0 amide bonds. The van der Waals surface area contributed by atoms with Gasteiger partial charge in [0, 0.05) is 18.4 Å². The minimum atomic E-state index is 0.210. The van der Waals surface area contributed by atoms with Gasteiger partial charge in [0.15, 0.2) is 11.6 Å². The number of para-hydroxylation sites is 2. The van der Waals surface area contributed by atoms with Crippen LogP contribution in [-0.4, -0.2) is 27.9 Å². The first-order chi connectivity index (χ1) is 11.8. The van der Waals surface area contributed by atoms with Gasteiger partial charge < -0.3 is 9.72 Å². The molecule has 0 bridgehead atoms. The van der Waals surface area contributed by atoms with Crippen LogP contribution in [-0.2, 0) is 0 Å². The van der Waals surface area contributed by atoms with Crippen LogP contribution in [0.3, 0.4) is 0 Å². The number of benzene rings is 2. The summed E-state index contributed by atoms with van der Waals surface area (Å²) in [6.45, 7) is 5.09. The van der Waals surface area contributed by atoms with E-state index in [0.717, 1.165) is 41.3 Å². The van der Waals surface area contributed by atoms with Gasteiger partial charge in [0.05, 0.1) is 17.7 Å². The zero-order valence-electron chi connectivity index (χ0n) is 13.5. The van der Waals surface area contributed by atoms with Crippen LogP contribution in [0.2, 0.25) is 0 Å². The highest BCUT2D eigenvalue weighted by atomic mass is 16.5. The molecule has 0 radical (unpaired) electrons. The average Bonchev–Trinajstić information content (AvgIpc) is 3.39. The van der Waals surface area contributed by atoms with Gasteiger partial charge in [-0.15, -0.1) is 0 Å². The van der Waals surface area contributed by atoms with Crippen LogP contribution in [0.5, 0.6) is 5.75 Å². The molecule has 4 nitrogen and oxygen atoms in total. The van der Waals surface area contributed by atoms with Gasteiger partial charge in [-0.25, -0.2) is 4.98 Å². The number of ether oxygens (including phenoxy) is 1. The van der Waals surface area contributed by atoms with Gasteiger partial charge in [-0.05, 0) is 31.0 Å². The maximum Gasteiger partial charge on any atom is 0.233 e. The van der Waals surface area contributed by atoms with Crippen LogP contribution in [0.15, 0.2) is 42.5 Å². The van der Waals surface area contributed by atoms with Crippen molar-refractivity contribution < 1.29 is 9.31 Å². The number of nitrogens with zero attached hydrogens (tertiary/aromatic N) is 2. The standard InChI is InChI=1S/C20H20N3O/c1-23(16-11-12-24-18-8-3-2-5-14(16)18)17-7-4-6-15-19(17)22-20(21-15)13-9-10-13/h2-8,13,16H,1,9-12H2,(H,21,22)/q+1/t16-/m1/s1. The highest BCUT2D eigenvalue weighted by molar-refractivity contribution is 5.85. The minimum Gasteiger partial charge on any atom is -0.493 e. The van der Waals surface area contributed by atoms with Crippen molar-refractivity contribution in [3.05, 3.63) is 53.9 Å². The summed E-state index contributed by atoms with van der Waals surface area (Å²) in [7, 11) is 0. The van der Waals surface area contributed by atoms with E-state index in [0.29, 0.717) is 5.92 Å². The van der Waals surface area contributed by atoms with Gasteiger partial charge in [0.1, 0.15) is 18.3 Å². The van der Waals surface area contributed by atoms with Crippen molar-refractivity contribution in [2.45, 2.75) is 31.2 Å². The molecule has 1 N–H and O–H groups in total. The molecule has 2 aliphatic rings. The molecule has 0 saturated heterocycles. The van der Waals surface area contributed by atoms with Crippen LogP contribution in [0.4, 0.5) is 5.69 Å². The number of rotatable bonds is 3. The van der Waals surface area contributed by atoms with Crippen molar-refractivity contribution in [1.29, 1.82) is 0 Å². The maximum atomic E-state index is 5.79. The summed E-state index contributed by atoms with van der Waals surface area (Å²) in [5, 5.41) is 0. The van der Waals surface area contributed by atoms with Crippen molar-refractivity contribution in [3.63, 3.8) is 0 Å². The Balaban J connectivity index is 1.59. The van der Waals surface area contributed by atoms with Crippen LogP contribution in [0, 0.1) is 0 Å². The summed E-state index contributed by atoms with van der Waals surface area (Å²) in [6.07, 6.45) is 3.42. The van der Waals surface area contributed by atoms with Crippen molar-refractivity contribution >= 4 is 23.4 Å². The number of H-pyrrole nitrogens is 1. The fraction of sp³-hybridized carbons (Fsp3) is 0.300. The molecule has 0 unspecified atom stereocenters. The summed E-state index contributed by atoms with van der Waals surface area (Å²) < 4.78 is 7.91. The van der Waals surface area contributed by atoms with Crippen molar-refractivity contribution in [3.8, 4) is 5.75 Å². The minimum absolute atomic E-state index is 0.210. The van der Waals surface area contributed by atoms with E-state index in [1.807, 2.05) is 12.1 Å². The number of hydrogen-bond donors (Lipinski definition) is 1. The third kappa shape index (κ3) is 2.13. The average molecular weight is 318 g/mol. The number of hydrogen-bond acceptors (Lipinski definition) is 2. The molecule has 1 aliphatic carbocycles. The molecule has 1 saturated carbocycles. The van der Waals surface area contributed by atoms with Gasteiger partial charge in [-0.3, -0.25) is 0 Å². The van der Waals surface area contributed by atoms with E-state index in [2.05, 4.69) is 46.6 Å². The Labute approximate surface area is 140 Å². The van der Waals surface area contributed by atoms with Gasteiger partial charge in [0.25, 0.3) is 0 Å². The first-order valence-electron chi connectivity index (χ1n) is 8.61. The third-order valence-corrected chi connectivity index (χ3v) is 5.09. The van der Waals surface area contributed by atoms with E-state index in [9.17, 15) is 0 Å². The van der Waals surface area contributed by atoms with E-state index in [1.54, 1.807) is 0 Å².